The molecule has 1 saturated heterocycles. The number of nitrogens with one attached hydrogen (secondary N) is 1. The van der Waals surface area contributed by atoms with Crippen molar-refractivity contribution in [3.05, 3.63) is 0 Å². The summed E-state index contributed by atoms with van der Waals surface area (Å²) in [6, 6.07) is 0. The summed E-state index contributed by atoms with van der Waals surface area (Å²) >= 11 is 0. The fourth-order valence-corrected chi connectivity index (χ4v) is 3.21. The van der Waals surface area contributed by atoms with Crippen LogP contribution in [0.1, 0.15) is 44.9 Å². The van der Waals surface area contributed by atoms with Crippen LogP contribution in [-0.2, 0) is 9.53 Å². The summed E-state index contributed by atoms with van der Waals surface area (Å²) in [7, 11) is 0. The van der Waals surface area contributed by atoms with Gasteiger partial charge in [0.2, 0.25) is 5.91 Å². The van der Waals surface area contributed by atoms with Crippen LogP contribution in [0.2, 0.25) is 0 Å². The van der Waals surface area contributed by atoms with Crippen molar-refractivity contribution in [2.45, 2.75) is 44.9 Å². The van der Waals surface area contributed by atoms with Crippen LogP contribution in [-0.4, -0.2) is 32.2 Å². The fourth-order valence-electron chi connectivity index (χ4n) is 3.21. The number of rotatable bonds is 5. The maximum Gasteiger partial charge on any atom is 0.220 e. The van der Waals surface area contributed by atoms with Crippen LogP contribution in [0.5, 0.6) is 0 Å². The minimum Gasteiger partial charge on any atom is -0.381 e. The summed E-state index contributed by atoms with van der Waals surface area (Å²) in [5.41, 5.74) is 5.69. The van der Waals surface area contributed by atoms with Crippen molar-refractivity contribution >= 4 is 5.91 Å². The molecule has 0 aromatic carbocycles. The van der Waals surface area contributed by atoms with E-state index >= 15 is 0 Å². The summed E-state index contributed by atoms with van der Waals surface area (Å²) in [6.45, 7) is 3.34. The molecule has 0 aromatic rings. The zero-order valence-electron chi connectivity index (χ0n) is 11.9. The summed E-state index contributed by atoms with van der Waals surface area (Å²) in [5, 5.41) is 3.11. The fraction of sp³-hybridized carbons (Fsp3) is 0.933. The standard InChI is InChI=1S/C15H28N2O2/c16-10-13-3-1-12(2-4-13)9-15(18)17-11-14-5-7-19-8-6-14/h12-14H,1-11,16H2,(H,17,18). The van der Waals surface area contributed by atoms with Crippen molar-refractivity contribution in [2.75, 3.05) is 26.3 Å². The minimum atomic E-state index is 0.239. The van der Waals surface area contributed by atoms with E-state index in [2.05, 4.69) is 5.32 Å². The second kappa shape index (κ2) is 7.85. The first kappa shape index (κ1) is 14.8. The van der Waals surface area contributed by atoms with Crippen molar-refractivity contribution < 1.29 is 9.53 Å². The first-order valence-electron chi connectivity index (χ1n) is 7.82. The molecule has 1 heterocycles. The van der Waals surface area contributed by atoms with Gasteiger partial charge in [0.1, 0.15) is 0 Å². The van der Waals surface area contributed by atoms with Crippen molar-refractivity contribution in [3.8, 4) is 0 Å². The summed E-state index contributed by atoms with van der Waals surface area (Å²) in [5.74, 6) is 2.13. The Bertz CT molecular complexity index is 269. The lowest BCUT2D eigenvalue weighted by Gasteiger charge is -2.27. The molecule has 0 aromatic heterocycles. The Morgan fingerprint density at radius 2 is 1.63 bits per heavy atom. The molecule has 0 unspecified atom stereocenters. The van der Waals surface area contributed by atoms with Crippen LogP contribution in [0.15, 0.2) is 0 Å². The van der Waals surface area contributed by atoms with Crippen molar-refractivity contribution in [3.63, 3.8) is 0 Å². The van der Waals surface area contributed by atoms with Crippen molar-refractivity contribution in [2.24, 2.45) is 23.5 Å². The van der Waals surface area contributed by atoms with Gasteiger partial charge in [0, 0.05) is 26.2 Å². The van der Waals surface area contributed by atoms with E-state index in [-0.39, 0.29) is 5.91 Å². The third-order valence-electron chi connectivity index (χ3n) is 4.70. The molecule has 0 bridgehead atoms. The predicted octanol–water partition coefficient (Wildman–Crippen LogP) is 1.68. The maximum atomic E-state index is 11.9. The second-order valence-corrected chi connectivity index (χ2v) is 6.19. The zero-order valence-corrected chi connectivity index (χ0v) is 11.9. The highest BCUT2D eigenvalue weighted by Crippen LogP contribution is 2.30. The van der Waals surface area contributed by atoms with Gasteiger partial charge < -0.3 is 15.8 Å². The quantitative estimate of drug-likeness (QED) is 0.797. The molecule has 4 nitrogen and oxygen atoms in total. The van der Waals surface area contributed by atoms with Gasteiger partial charge >= 0.3 is 0 Å². The molecule has 1 aliphatic carbocycles. The number of carbonyl (C=O) groups excluding carboxylic acids is 1. The van der Waals surface area contributed by atoms with Gasteiger partial charge in [-0.3, -0.25) is 4.79 Å². The second-order valence-electron chi connectivity index (χ2n) is 6.19. The van der Waals surface area contributed by atoms with E-state index in [1.165, 1.54) is 25.7 Å². The normalized spacial score (nSPS) is 29.1. The number of ether oxygens (including phenoxy) is 1. The molecular formula is C15H28N2O2. The molecule has 1 saturated carbocycles. The number of amides is 1. The molecule has 4 heteroatoms. The molecule has 2 rings (SSSR count). The largest absolute Gasteiger partial charge is 0.381 e. The van der Waals surface area contributed by atoms with Crippen molar-refractivity contribution in [1.29, 1.82) is 0 Å². The Balaban J connectivity index is 1.59. The average Bonchev–Trinajstić information content (AvgIpc) is 2.47. The van der Waals surface area contributed by atoms with Crippen molar-refractivity contribution in [1.82, 2.24) is 5.32 Å². The predicted molar refractivity (Wildman–Crippen MR) is 75.7 cm³/mol. The van der Waals surface area contributed by atoms with Gasteiger partial charge in [0.25, 0.3) is 0 Å². The molecule has 1 amide bonds. The van der Waals surface area contributed by atoms with Gasteiger partial charge in [-0.05, 0) is 62.8 Å². The van der Waals surface area contributed by atoms with E-state index in [0.29, 0.717) is 24.2 Å². The number of hydrogen-bond acceptors (Lipinski definition) is 3. The molecule has 0 atom stereocenters. The van der Waals surface area contributed by atoms with Gasteiger partial charge in [0.05, 0.1) is 0 Å². The Kier molecular flexibility index (Phi) is 6.11. The van der Waals surface area contributed by atoms with Crippen LogP contribution >= 0.6 is 0 Å². The van der Waals surface area contributed by atoms with Gasteiger partial charge in [-0.25, -0.2) is 0 Å². The lowest BCUT2D eigenvalue weighted by atomic mass is 9.80. The molecule has 3 N–H and O–H groups in total. The first-order chi connectivity index (χ1) is 9.28. The third-order valence-corrected chi connectivity index (χ3v) is 4.70. The average molecular weight is 268 g/mol. The van der Waals surface area contributed by atoms with Crippen LogP contribution in [0.4, 0.5) is 0 Å². The van der Waals surface area contributed by atoms with Crippen LogP contribution in [0.3, 0.4) is 0 Å². The number of carbonyl (C=O) groups is 1. The zero-order chi connectivity index (χ0) is 13.5. The molecule has 2 fully saturated rings. The van der Waals surface area contributed by atoms with Gasteiger partial charge in [0.15, 0.2) is 0 Å². The van der Waals surface area contributed by atoms with E-state index in [1.54, 1.807) is 0 Å². The topological polar surface area (TPSA) is 64.4 Å². The molecule has 0 spiro atoms. The number of hydrogen-bond donors (Lipinski definition) is 2. The minimum absolute atomic E-state index is 0.239. The molecular weight excluding hydrogens is 240 g/mol. The highest BCUT2D eigenvalue weighted by molar-refractivity contribution is 5.76. The highest BCUT2D eigenvalue weighted by atomic mass is 16.5. The first-order valence-corrected chi connectivity index (χ1v) is 7.82. The Hall–Kier alpha value is -0.610. The smallest absolute Gasteiger partial charge is 0.220 e. The van der Waals surface area contributed by atoms with E-state index in [4.69, 9.17) is 10.5 Å². The Morgan fingerprint density at radius 1 is 1.00 bits per heavy atom. The van der Waals surface area contributed by atoms with E-state index in [9.17, 15) is 4.79 Å². The highest BCUT2D eigenvalue weighted by Gasteiger charge is 2.22. The van der Waals surface area contributed by atoms with Gasteiger partial charge in [-0.1, -0.05) is 0 Å². The molecule has 110 valence electrons. The van der Waals surface area contributed by atoms with E-state index in [1.807, 2.05) is 0 Å². The van der Waals surface area contributed by atoms with Gasteiger partial charge in [-0.15, -0.1) is 0 Å². The Morgan fingerprint density at radius 3 is 2.26 bits per heavy atom. The van der Waals surface area contributed by atoms with Crippen LogP contribution in [0, 0.1) is 17.8 Å². The summed E-state index contributed by atoms with van der Waals surface area (Å²) < 4.78 is 5.33. The van der Waals surface area contributed by atoms with E-state index < -0.39 is 0 Å². The Labute approximate surface area is 116 Å². The van der Waals surface area contributed by atoms with Crippen LogP contribution < -0.4 is 11.1 Å². The summed E-state index contributed by atoms with van der Waals surface area (Å²) in [6.07, 6.45) is 7.63. The molecule has 2 aliphatic rings. The third kappa shape index (κ3) is 5.11. The summed E-state index contributed by atoms with van der Waals surface area (Å²) in [4.78, 5) is 11.9. The van der Waals surface area contributed by atoms with Crippen LogP contribution in [0.25, 0.3) is 0 Å². The lowest BCUT2D eigenvalue weighted by Crippen LogP contribution is -2.33. The lowest BCUT2D eigenvalue weighted by molar-refractivity contribution is -0.122. The molecule has 19 heavy (non-hydrogen) atoms. The molecule has 0 radical (unpaired) electrons. The molecule has 1 aliphatic heterocycles. The SMILES string of the molecule is NCC1CCC(CC(=O)NCC2CCOCC2)CC1. The monoisotopic (exact) mass is 268 g/mol. The maximum absolute atomic E-state index is 11.9. The van der Waals surface area contributed by atoms with E-state index in [0.717, 1.165) is 39.1 Å². The van der Waals surface area contributed by atoms with Gasteiger partial charge in [-0.2, -0.15) is 0 Å². The number of nitrogens with two attached hydrogens (primary N) is 1.